The third-order valence-corrected chi connectivity index (χ3v) is 3.39. The monoisotopic (exact) mass is 327 g/mol. The highest BCUT2D eigenvalue weighted by molar-refractivity contribution is 9.10. The molecule has 2 rings (SSSR count). The van der Waals surface area contributed by atoms with Gasteiger partial charge in [-0.25, -0.2) is 4.39 Å². The lowest BCUT2D eigenvalue weighted by atomic mass is 10.2. The van der Waals surface area contributed by atoms with Crippen LogP contribution in [0.1, 0.15) is 11.1 Å². The zero-order valence-electron chi connectivity index (χ0n) is 9.81. The minimum Gasteiger partial charge on any atom is -0.381 e. The molecular formula is C14H12BrClFN. The predicted octanol–water partition coefficient (Wildman–Crippen LogP) is 5.16. The van der Waals surface area contributed by atoms with E-state index in [1.807, 2.05) is 31.2 Å². The van der Waals surface area contributed by atoms with E-state index in [2.05, 4.69) is 21.2 Å². The molecule has 1 N–H and O–H groups in total. The van der Waals surface area contributed by atoms with Crippen LogP contribution in [0.5, 0.6) is 0 Å². The van der Waals surface area contributed by atoms with Gasteiger partial charge < -0.3 is 5.32 Å². The summed E-state index contributed by atoms with van der Waals surface area (Å²) in [6, 6.07) is 10.6. The predicted molar refractivity (Wildman–Crippen MR) is 77.6 cm³/mol. The van der Waals surface area contributed by atoms with E-state index in [1.165, 1.54) is 12.1 Å². The lowest BCUT2D eigenvalue weighted by Crippen LogP contribution is -2.00. The summed E-state index contributed by atoms with van der Waals surface area (Å²) in [7, 11) is 0. The van der Waals surface area contributed by atoms with Crippen molar-refractivity contribution in [1.29, 1.82) is 0 Å². The van der Waals surface area contributed by atoms with Gasteiger partial charge in [0.05, 0.1) is 0 Å². The number of hydrogen-bond acceptors (Lipinski definition) is 1. The number of nitrogens with one attached hydrogen (secondary N) is 1. The first-order valence-corrected chi connectivity index (χ1v) is 6.67. The largest absolute Gasteiger partial charge is 0.381 e. The number of anilines is 1. The second kappa shape index (κ2) is 5.72. The maximum atomic E-state index is 13.2. The standard InChI is InChI=1S/C14H12BrClFN/c1-9-4-12(17)7-13(5-9)18-8-10-2-3-11(15)6-14(10)16/h2-7,18H,8H2,1H3. The second-order valence-electron chi connectivity index (χ2n) is 4.11. The van der Waals surface area contributed by atoms with Gasteiger partial charge in [-0.15, -0.1) is 0 Å². The van der Waals surface area contributed by atoms with Crippen molar-refractivity contribution in [2.75, 3.05) is 5.32 Å². The Morgan fingerprint density at radius 3 is 2.67 bits per heavy atom. The molecule has 0 fully saturated rings. The number of benzene rings is 2. The molecule has 1 nitrogen and oxygen atoms in total. The SMILES string of the molecule is Cc1cc(F)cc(NCc2ccc(Br)cc2Cl)c1. The van der Waals surface area contributed by atoms with Gasteiger partial charge in [0, 0.05) is 21.7 Å². The van der Waals surface area contributed by atoms with E-state index in [0.717, 1.165) is 21.3 Å². The molecular weight excluding hydrogens is 317 g/mol. The van der Waals surface area contributed by atoms with Crippen molar-refractivity contribution in [3.63, 3.8) is 0 Å². The fraction of sp³-hybridized carbons (Fsp3) is 0.143. The zero-order valence-corrected chi connectivity index (χ0v) is 12.1. The molecule has 0 spiro atoms. The van der Waals surface area contributed by atoms with Crippen LogP contribution in [-0.4, -0.2) is 0 Å². The molecule has 0 heterocycles. The third kappa shape index (κ3) is 3.47. The van der Waals surface area contributed by atoms with Crippen molar-refractivity contribution in [1.82, 2.24) is 0 Å². The minimum atomic E-state index is -0.237. The molecule has 0 saturated carbocycles. The number of hydrogen-bond donors (Lipinski definition) is 1. The molecule has 0 atom stereocenters. The third-order valence-electron chi connectivity index (χ3n) is 2.54. The summed E-state index contributed by atoms with van der Waals surface area (Å²) in [5.74, 6) is -0.237. The molecule has 2 aromatic carbocycles. The Bertz CT molecular complexity index is 551. The van der Waals surface area contributed by atoms with Crippen LogP contribution in [0, 0.1) is 12.7 Å². The molecule has 0 saturated heterocycles. The Morgan fingerprint density at radius 2 is 2.00 bits per heavy atom. The van der Waals surface area contributed by atoms with Crippen LogP contribution in [-0.2, 0) is 6.54 Å². The van der Waals surface area contributed by atoms with Gasteiger partial charge in [-0.2, -0.15) is 0 Å². The van der Waals surface area contributed by atoms with Crippen LogP contribution < -0.4 is 5.32 Å². The van der Waals surface area contributed by atoms with Gasteiger partial charge in [-0.3, -0.25) is 0 Å². The van der Waals surface area contributed by atoms with Crippen LogP contribution in [0.25, 0.3) is 0 Å². The first kappa shape index (κ1) is 13.4. The Kier molecular flexibility index (Phi) is 4.25. The lowest BCUT2D eigenvalue weighted by Gasteiger charge is -2.09. The summed E-state index contributed by atoms with van der Waals surface area (Å²) in [6.45, 7) is 2.43. The molecule has 0 aliphatic heterocycles. The van der Waals surface area contributed by atoms with E-state index in [4.69, 9.17) is 11.6 Å². The summed E-state index contributed by atoms with van der Waals surface area (Å²) in [5.41, 5.74) is 2.62. The van der Waals surface area contributed by atoms with Gasteiger partial charge >= 0.3 is 0 Å². The molecule has 0 bridgehead atoms. The molecule has 94 valence electrons. The highest BCUT2D eigenvalue weighted by Crippen LogP contribution is 2.22. The molecule has 0 aliphatic carbocycles. The van der Waals surface area contributed by atoms with Gasteiger partial charge in [-0.05, 0) is 48.4 Å². The van der Waals surface area contributed by atoms with Gasteiger partial charge in [0.25, 0.3) is 0 Å². The molecule has 0 amide bonds. The summed E-state index contributed by atoms with van der Waals surface area (Å²) in [6.07, 6.45) is 0. The summed E-state index contributed by atoms with van der Waals surface area (Å²) < 4.78 is 14.2. The molecule has 4 heteroatoms. The highest BCUT2D eigenvalue weighted by Gasteiger charge is 2.02. The summed E-state index contributed by atoms with van der Waals surface area (Å²) in [5, 5.41) is 3.85. The van der Waals surface area contributed by atoms with Crippen molar-refractivity contribution < 1.29 is 4.39 Å². The fourth-order valence-corrected chi connectivity index (χ4v) is 2.44. The molecule has 2 aromatic rings. The van der Waals surface area contributed by atoms with E-state index >= 15 is 0 Å². The summed E-state index contributed by atoms with van der Waals surface area (Å²) >= 11 is 9.47. The topological polar surface area (TPSA) is 12.0 Å². The zero-order chi connectivity index (χ0) is 13.1. The fourth-order valence-electron chi connectivity index (χ4n) is 1.70. The maximum absolute atomic E-state index is 13.2. The Morgan fingerprint density at radius 1 is 1.22 bits per heavy atom. The molecule has 0 unspecified atom stereocenters. The first-order valence-electron chi connectivity index (χ1n) is 5.49. The Labute approximate surface area is 119 Å². The average Bonchev–Trinajstić information content (AvgIpc) is 2.26. The highest BCUT2D eigenvalue weighted by atomic mass is 79.9. The molecule has 0 radical (unpaired) electrons. The Balaban J connectivity index is 2.11. The molecule has 0 aliphatic rings. The molecule has 0 aromatic heterocycles. The van der Waals surface area contributed by atoms with Gasteiger partial charge in [0.1, 0.15) is 5.82 Å². The van der Waals surface area contributed by atoms with Crippen LogP contribution in [0.2, 0.25) is 5.02 Å². The van der Waals surface area contributed by atoms with E-state index in [9.17, 15) is 4.39 Å². The smallest absolute Gasteiger partial charge is 0.125 e. The van der Waals surface area contributed by atoms with Crippen molar-refractivity contribution in [3.05, 3.63) is 62.8 Å². The number of aryl methyl sites for hydroxylation is 1. The van der Waals surface area contributed by atoms with Crippen LogP contribution in [0.15, 0.2) is 40.9 Å². The number of halogens is 3. The van der Waals surface area contributed by atoms with E-state index < -0.39 is 0 Å². The van der Waals surface area contributed by atoms with Crippen LogP contribution in [0.3, 0.4) is 0 Å². The van der Waals surface area contributed by atoms with Crippen molar-refractivity contribution in [2.45, 2.75) is 13.5 Å². The van der Waals surface area contributed by atoms with Crippen LogP contribution in [0.4, 0.5) is 10.1 Å². The quantitative estimate of drug-likeness (QED) is 0.820. The van der Waals surface area contributed by atoms with E-state index in [-0.39, 0.29) is 5.82 Å². The minimum absolute atomic E-state index is 0.237. The first-order chi connectivity index (χ1) is 8.54. The van der Waals surface area contributed by atoms with Gasteiger partial charge in [0.15, 0.2) is 0 Å². The summed E-state index contributed by atoms with van der Waals surface area (Å²) in [4.78, 5) is 0. The second-order valence-corrected chi connectivity index (χ2v) is 5.43. The normalized spacial score (nSPS) is 10.4. The lowest BCUT2D eigenvalue weighted by molar-refractivity contribution is 0.627. The number of rotatable bonds is 3. The van der Waals surface area contributed by atoms with Gasteiger partial charge in [-0.1, -0.05) is 33.6 Å². The molecule has 18 heavy (non-hydrogen) atoms. The van der Waals surface area contributed by atoms with E-state index in [0.29, 0.717) is 11.6 Å². The van der Waals surface area contributed by atoms with E-state index in [1.54, 1.807) is 0 Å². The van der Waals surface area contributed by atoms with Crippen LogP contribution >= 0.6 is 27.5 Å². The maximum Gasteiger partial charge on any atom is 0.125 e. The Hall–Kier alpha value is -1.06. The van der Waals surface area contributed by atoms with Crippen molar-refractivity contribution in [3.8, 4) is 0 Å². The van der Waals surface area contributed by atoms with Gasteiger partial charge in [0.2, 0.25) is 0 Å². The van der Waals surface area contributed by atoms with Crippen molar-refractivity contribution in [2.24, 2.45) is 0 Å². The average molecular weight is 329 g/mol. The van der Waals surface area contributed by atoms with Crippen molar-refractivity contribution >= 4 is 33.2 Å².